The van der Waals surface area contributed by atoms with E-state index in [0.717, 1.165) is 12.8 Å². The topological polar surface area (TPSA) is 55.1 Å². The fourth-order valence-electron chi connectivity index (χ4n) is 0.970. The second kappa shape index (κ2) is 6.66. The first-order valence-electron chi connectivity index (χ1n) is 4.73. The molecule has 0 radical (unpaired) electrons. The van der Waals surface area contributed by atoms with Crippen molar-refractivity contribution in [3.05, 3.63) is 12.7 Å². The lowest BCUT2D eigenvalue weighted by Crippen LogP contribution is -2.30. The number of hydrogen-bond acceptors (Lipinski definition) is 2. The molecular weight excluding hydrogens is 164 g/mol. The predicted molar refractivity (Wildman–Crippen MR) is 55.3 cm³/mol. The summed E-state index contributed by atoms with van der Waals surface area (Å²) in [4.78, 5) is 11.2. The Morgan fingerprint density at radius 3 is 2.69 bits per heavy atom. The predicted octanol–water partition coefficient (Wildman–Crippen LogP) is 1.19. The van der Waals surface area contributed by atoms with Crippen LogP contribution in [0.5, 0.6) is 0 Å². The monoisotopic (exact) mass is 184 g/mol. The van der Waals surface area contributed by atoms with Crippen LogP contribution in [0.2, 0.25) is 0 Å². The zero-order valence-electron chi connectivity index (χ0n) is 8.55. The third-order valence-electron chi connectivity index (χ3n) is 1.81. The molecule has 3 nitrogen and oxygen atoms in total. The van der Waals surface area contributed by atoms with Gasteiger partial charge in [-0.25, -0.2) is 0 Å². The van der Waals surface area contributed by atoms with Crippen molar-refractivity contribution < 1.29 is 4.79 Å². The van der Waals surface area contributed by atoms with Crippen LogP contribution in [0.1, 0.15) is 33.1 Å². The first kappa shape index (κ1) is 12.2. The molecule has 0 rings (SSSR count). The molecule has 3 heteroatoms. The molecule has 0 aromatic rings. The first-order valence-corrected chi connectivity index (χ1v) is 4.73. The number of rotatable bonds is 6. The number of nitrogens with one attached hydrogen (secondary N) is 1. The maximum absolute atomic E-state index is 11.2. The van der Waals surface area contributed by atoms with Crippen molar-refractivity contribution >= 4 is 5.91 Å². The molecule has 1 amide bonds. The molecule has 0 heterocycles. The third-order valence-corrected chi connectivity index (χ3v) is 1.81. The lowest BCUT2D eigenvalue weighted by Gasteiger charge is -2.09. The Hall–Kier alpha value is -0.830. The normalized spacial score (nSPS) is 14.7. The highest BCUT2D eigenvalue weighted by Gasteiger charge is 2.04. The molecular formula is C10H20N2O. The zero-order valence-corrected chi connectivity index (χ0v) is 8.55. The van der Waals surface area contributed by atoms with Crippen molar-refractivity contribution in [1.29, 1.82) is 0 Å². The minimum Gasteiger partial charge on any atom is -0.350 e. The van der Waals surface area contributed by atoms with Gasteiger partial charge in [0.15, 0.2) is 0 Å². The van der Waals surface area contributed by atoms with Gasteiger partial charge < -0.3 is 11.1 Å². The molecule has 0 bridgehead atoms. The molecule has 0 fully saturated rings. The van der Waals surface area contributed by atoms with Gasteiger partial charge in [0.2, 0.25) is 5.91 Å². The molecule has 0 aliphatic carbocycles. The van der Waals surface area contributed by atoms with E-state index in [0.29, 0.717) is 6.42 Å². The Bertz CT molecular complexity index is 166. The zero-order chi connectivity index (χ0) is 10.3. The Morgan fingerprint density at radius 2 is 2.23 bits per heavy atom. The van der Waals surface area contributed by atoms with Crippen molar-refractivity contribution in [2.24, 2.45) is 5.73 Å². The molecule has 76 valence electrons. The van der Waals surface area contributed by atoms with E-state index in [1.165, 1.54) is 0 Å². The van der Waals surface area contributed by atoms with Gasteiger partial charge in [-0.1, -0.05) is 6.08 Å². The van der Waals surface area contributed by atoms with Crippen LogP contribution >= 0.6 is 0 Å². The van der Waals surface area contributed by atoms with E-state index in [-0.39, 0.29) is 18.0 Å². The van der Waals surface area contributed by atoms with Crippen LogP contribution in [0.4, 0.5) is 0 Å². The smallest absolute Gasteiger partial charge is 0.220 e. The van der Waals surface area contributed by atoms with Gasteiger partial charge in [-0.05, 0) is 26.7 Å². The molecule has 2 unspecified atom stereocenters. The lowest BCUT2D eigenvalue weighted by atomic mass is 10.1. The average molecular weight is 184 g/mol. The van der Waals surface area contributed by atoms with Crippen molar-refractivity contribution in [1.82, 2.24) is 5.32 Å². The number of hydrogen-bond donors (Lipinski definition) is 2. The van der Waals surface area contributed by atoms with Gasteiger partial charge in [0.1, 0.15) is 0 Å². The van der Waals surface area contributed by atoms with Crippen LogP contribution in [0, 0.1) is 0 Å². The summed E-state index contributed by atoms with van der Waals surface area (Å²) < 4.78 is 0. The summed E-state index contributed by atoms with van der Waals surface area (Å²) in [6, 6.07) is 0.243. The summed E-state index contributed by atoms with van der Waals surface area (Å²) in [5, 5.41) is 2.81. The molecule has 13 heavy (non-hydrogen) atoms. The molecule has 0 aliphatic heterocycles. The minimum absolute atomic E-state index is 0.0581. The molecule has 0 saturated carbocycles. The maximum Gasteiger partial charge on any atom is 0.220 e. The van der Waals surface area contributed by atoms with E-state index in [2.05, 4.69) is 11.9 Å². The Kier molecular flexibility index (Phi) is 6.24. The average Bonchev–Trinajstić information content (AvgIpc) is 2.03. The largest absolute Gasteiger partial charge is 0.350 e. The number of carbonyl (C=O) groups is 1. The van der Waals surface area contributed by atoms with E-state index in [9.17, 15) is 4.79 Å². The van der Waals surface area contributed by atoms with Gasteiger partial charge in [-0.15, -0.1) is 6.58 Å². The quantitative estimate of drug-likeness (QED) is 0.609. The van der Waals surface area contributed by atoms with Crippen molar-refractivity contribution in [2.75, 3.05) is 0 Å². The Labute approximate surface area is 80.4 Å². The molecule has 2 atom stereocenters. The minimum atomic E-state index is 0.0581. The Morgan fingerprint density at radius 1 is 1.62 bits per heavy atom. The van der Waals surface area contributed by atoms with Gasteiger partial charge in [0.25, 0.3) is 0 Å². The van der Waals surface area contributed by atoms with Gasteiger partial charge >= 0.3 is 0 Å². The van der Waals surface area contributed by atoms with Crippen LogP contribution in [0.3, 0.4) is 0 Å². The van der Waals surface area contributed by atoms with Crippen molar-refractivity contribution in [3.8, 4) is 0 Å². The summed E-state index contributed by atoms with van der Waals surface area (Å²) >= 11 is 0. The summed E-state index contributed by atoms with van der Waals surface area (Å²) in [7, 11) is 0. The van der Waals surface area contributed by atoms with Crippen LogP contribution < -0.4 is 11.1 Å². The third kappa shape index (κ3) is 7.53. The van der Waals surface area contributed by atoms with Gasteiger partial charge in [-0.3, -0.25) is 4.79 Å². The van der Waals surface area contributed by atoms with Gasteiger partial charge in [0.05, 0.1) is 0 Å². The fourth-order valence-corrected chi connectivity index (χ4v) is 0.970. The molecule has 0 saturated heterocycles. The highest BCUT2D eigenvalue weighted by atomic mass is 16.1. The highest BCUT2D eigenvalue weighted by molar-refractivity contribution is 5.76. The van der Waals surface area contributed by atoms with Crippen LogP contribution in [0.15, 0.2) is 12.7 Å². The van der Waals surface area contributed by atoms with Crippen LogP contribution in [-0.2, 0) is 4.79 Å². The number of carbonyl (C=O) groups excluding carboxylic acids is 1. The number of nitrogens with two attached hydrogens (primary N) is 1. The molecule has 0 aromatic heterocycles. The van der Waals surface area contributed by atoms with E-state index in [1.54, 1.807) is 6.08 Å². The second-order valence-corrected chi connectivity index (χ2v) is 3.46. The van der Waals surface area contributed by atoms with Gasteiger partial charge in [0, 0.05) is 18.5 Å². The Balaban J connectivity index is 3.46. The second-order valence-electron chi connectivity index (χ2n) is 3.46. The van der Waals surface area contributed by atoms with E-state index in [4.69, 9.17) is 5.73 Å². The van der Waals surface area contributed by atoms with Crippen LogP contribution in [-0.4, -0.2) is 18.0 Å². The first-order chi connectivity index (χ1) is 6.06. The molecule has 3 N–H and O–H groups in total. The standard InChI is InChI=1S/C10H20N2O/c1-4-9(3)12-10(13)7-5-6-8(2)11/h4,8-9H,1,5-7,11H2,2-3H3,(H,12,13). The SMILES string of the molecule is C=CC(C)NC(=O)CCCC(C)N. The molecule has 0 spiro atoms. The van der Waals surface area contributed by atoms with Crippen molar-refractivity contribution in [2.45, 2.75) is 45.2 Å². The van der Waals surface area contributed by atoms with Crippen LogP contribution in [0.25, 0.3) is 0 Å². The molecule has 0 aromatic carbocycles. The maximum atomic E-state index is 11.2. The summed E-state index contributed by atoms with van der Waals surface area (Å²) in [5.74, 6) is 0.0769. The summed E-state index contributed by atoms with van der Waals surface area (Å²) in [6.45, 7) is 7.44. The summed E-state index contributed by atoms with van der Waals surface area (Å²) in [5.41, 5.74) is 5.56. The fraction of sp³-hybridized carbons (Fsp3) is 0.700. The van der Waals surface area contributed by atoms with E-state index < -0.39 is 0 Å². The molecule has 0 aliphatic rings. The number of amides is 1. The van der Waals surface area contributed by atoms with Crippen molar-refractivity contribution in [3.63, 3.8) is 0 Å². The van der Waals surface area contributed by atoms with E-state index in [1.807, 2.05) is 13.8 Å². The summed E-state index contributed by atoms with van der Waals surface area (Å²) in [6.07, 6.45) is 4.02. The lowest BCUT2D eigenvalue weighted by molar-refractivity contribution is -0.121. The highest BCUT2D eigenvalue weighted by Crippen LogP contribution is 1.98. The van der Waals surface area contributed by atoms with E-state index >= 15 is 0 Å². The van der Waals surface area contributed by atoms with Gasteiger partial charge in [-0.2, -0.15) is 0 Å².